The van der Waals surface area contributed by atoms with Crippen molar-refractivity contribution in [3.63, 3.8) is 0 Å². The van der Waals surface area contributed by atoms with E-state index in [9.17, 15) is 9.59 Å². The van der Waals surface area contributed by atoms with Crippen molar-refractivity contribution in [3.8, 4) is 5.75 Å². The van der Waals surface area contributed by atoms with Crippen LogP contribution in [0.2, 0.25) is 0 Å². The molecule has 0 fully saturated rings. The Kier molecular flexibility index (Phi) is 9.06. The van der Waals surface area contributed by atoms with Crippen molar-refractivity contribution in [2.75, 3.05) is 19.4 Å². The van der Waals surface area contributed by atoms with Crippen LogP contribution in [0.15, 0.2) is 53.4 Å². The summed E-state index contributed by atoms with van der Waals surface area (Å²) in [5.74, 6) is 0.883. The molecule has 1 N–H and O–H groups in total. The van der Waals surface area contributed by atoms with Crippen LogP contribution in [0.3, 0.4) is 0 Å². The van der Waals surface area contributed by atoms with Crippen LogP contribution in [-0.4, -0.2) is 42.2 Å². The molecule has 5 nitrogen and oxygen atoms in total. The number of ether oxygens (including phenoxy) is 1. The number of carbonyl (C=O) groups excluding carboxylic acids is 2. The second-order valence-corrected chi connectivity index (χ2v) is 7.84. The number of rotatable bonds is 10. The largest absolute Gasteiger partial charge is 0.497 e. The highest BCUT2D eigenvalue weighted by Crippen LogP contribution is 2.21. The van der Waals surface area contributed by atoms with Crippen molar-refractivity contribution in [2.24, 2.45) is 0 Å². The molecule has 2 rings (SSSR count). The van der Waals surface area contributed by atoms with Gasteiger partial charge >= 0.3 is 0 Å². The fourth-order valence-electron chi connectivity index (χ4n) is 3.00. The van der Waals surface area contributed by atoms with Crippen molar-refractivity contribution < 1.29 is 14.3 Å². The number of thioether (sulfide) groups is 1. The second kappa shape index (κ2) is 11.5. The number of nitrogens with one attached hydrogen (secondary N) is 1. The highest BCUT2D eigenvalue weighted by Gasteiger charge is 2.28. The van der Waals surface area contributed by atoms with Crippen LogP contribution in [0.25, 0.3) is 0 Å². The first-order valence-corrected chi connectivity index (χ1v) is 10.9. The van der Waals surface area contributed by atoms with Gasteiger partial charge in [-0.05, 0) is 50.1 Å². The molecule has 0 aliphatic carbocycles. The Balaban J connectivity index is 2.17. The van der Waals surface area contributed by atoms with Gasteiger partial charge in [0.05, 0.1) is 12.9 Å². The molecule has 0 saturated carbocycles. The van der Waals surface area contributed by atoms with Crippen LogP contribution in [0.5, 0.6) is 5.75 Å². The number of aryl methyl sites for hydroxylation is 1. The molecule has 156 valence electrons. The van der Waals surface area contributed by atoms with E-state index in [1.165, 1.54) is 17.3 Å². The van der Waals surface area contributed by atoms with Gasteiger partial charge in [-0.2, -0.15) is 0 Å². The fourth-order valence-corrected chi connectivity index (χ4v) is 3.79. The minimum atomic E-state index is -0.497. The molecule has 2 aromatic carbocycles. The maximum Gasteiger partial charge on any atom is 0.242 e. The molecule has 0 aliphatic heterocycles. The molecule has 29 heavy (non-hydrogen) atoms. The predicted molar refractivity (Wildman–Crippen MR) is 118 cm³/mol. The SMILES string of the molecule is CCNC(=O)C(CC)N(Cc1ccc(OC)cc1)C(=O)CSc1ccc(C)cc1. The highest BCUT2D eigenvalue weighted by molar-refractivity contribution is 8.00. The predicted octanol–water partition coefficient (Wildman–Crippen LogP) is 4.04. The Labute approximate surface area is 177 Å². The van der Waals surface area contributed by atoms with Gasteiger partial charge in [0, 0.05) is 18.0 Å². The molecule has 0 spiro atoms. The van der Waals surface area contributed by atoms with Crippen LogP contribution in [0.4, 0.5) is 0 Å². The topological polar surface area (TPSA) is 58.6 Å². The number of methoxy groups -OCH3 is 1. The third kappa shape index (κ3) is 6.82. The molecule has 0 saturated heterocycles. The highest BCUT2D eigenvalue weighted by atomic mass is 32.2. The van der Waals surface area contributed by atoms with Crippen molar-refractivity contribution in [2.45, 2.75) is 44.7 Å². The maximum atomic E-state index is 13.1. The van der Waals surface area contributed by atoms with E-state index in [1.54, 1.807) is 12.0 Å². The van der Waals surface area contributed by atoms with Gasteiger partial charge in [0.2, 0.25) is 11.8 Å². The quantitative estimate of drug-likeness (QED) is 0.596. The van der Waals surface area contributed by atoms with E-state index in [-0.39, 0.29) is 17.6 Å². The lowest BCUT2D eigenvalue weighted by atomic mass is 10.1. The van der Waals surface area contributed by atoms with Crippen molar-refractivity contribution >= 4 is 23.6 Å². The van der Waals surface area contributed by atoms with Gasteiger partial charge < -0.3 is 15.0 Å². The minimum absolute atomic E-state index is 0.0514. The van der Waals surface area contributed by atoms with Crippen molar-refractivity contribution in [3.05, 3.63) is 59.7 Å². The summed E-state index contributed by atoms with van der Waals surface area (Å²) in [6, 6.07) is 15.2. The number of hydrogen-bond acceptors (Lipinski definition) is 4. The normalized spacial score (nSPS) is 11.6. The smallest absolute Gasteiger partial charge is 0.242 e. The molecule has 2 amide bonds. The standard InChI is InChI=1S/C23H30N2O3S/c1-5-21(23(27)24-6-2)25(15-18-9-11-19(28-4)12-10-18)22(26)16-29-20-13-7-17(3)8-14-20/h7-14,21H,5-6,15-16H2,1-4H3,(H,24,27). The van der Waals surface area contributed by atoms with E-state index >= 15 is 0 Å². The van der Waals surface area contributed by atoms with Gasteiger partial charge in [-0.1, -0.05) is 36.8 Å². The van der Waals surface area contributed by atoms with E-state index in [0.29, 0.717) is 19.5 Å². The zero-order valence-electron chi connectivity index (χ0n) is 17.6. The average molecular weight is 415 g/mol. The Morgan fingerprint density at radius 3 is 2.28 bits per heavy atom. The van der Waals surface area contributed by atoms with E-state index < -0.39 is 6.04 Å². The Morgan fingerprint density at radius 1 is 1.07 bits per heavy atom. The number of nitrogens with zero attached hydrogens (tertiary/aromatic N) is 1. The van der Waals surface area contributed by atoms with Gasteiger partial charge in [0.1, 0.15) is 11.8 Å². The first-order valence-electron chi connectivity index (χ1n) is 9.88. The van der Waals surface area contributed by atoms with Crippen LogP contribution in [-0.2, 0) is 16.1 Å². The van der Waals surface area contributed by atoms with Crippen LogP contribution < -0.4 is 10.1 Å². The molecule has 0 aliphatic rings. The molecule has 0 aromatic heterocycles. The minimum Gasteiger partial charge on any atom is -0.497 e. The van der Waals surface area contributed by atoms with Gasteiger partial charge in [-0.25, -0.2) is 0 Å². The number of benzene rings is 2. The summed E-state index contributed by atoms with van der Waals surface area (Å²) in [5.41, 5.74) is 2.14. The lowest BCUT2D eigenvalue weighted by Crippen LogP contribution is -2.49. The Bertz CT molecular complexity index is 791. The summed E-state index contributed by atoms with van der Waals surface area (Å²) in [5, 5.41) is 2.86. The van der Waals surface area contributed by atoms with Crippen LogP contribution >= 0.6 is 11.8 Å². The third-order valence-electron chi connectivity index (χ3n) is 4.63. The summed E-state index contributed by atoms with van der Waals surface area (Å²) >= 11 is 1.49. The molecule has 2 aromatic rings. The van der Waals surface area contributed by atoms with Gasteiger partial charge in [-0.15, -0.1) is 11.8 Å². The Morgan fingerprint density at radius 2 is 1.72 bits per heavy atom. The third-order valence-corrected chi connectivity index (χ3v) is 5.63. The summed E-state index contributed by atoms with van der Waals surface area (Å²) in [6.07, 6.45) is 0.558. The van der Waals surface area contributed by atoms with Crippen molar-refractivity contribution in [1.82, 2.24) is 10.2 Å². The summed E-state index contributed by atoms with van der Waals surface area (Å²) in [7, 11) is 1.62. The first-order chi connectivity index (χ1) is 14.0. The van der Waals surface area contributed by atoms with E-state index in [0.717, 1.165) is 16.2 Å². The fraction of sp³-hybridized carbons (Fsp3) is 0.391. The molecular formula is C23H30N2O3S. The van der Waals surface area contributed by atoms with Crippen LogP contribution in [0, 0.1) is 6.92 Å². The molecule has 6 heteroatoms. The molecular weight excluding hydrogens is 384 g/mol. The summed E-state index contributed by atoms with van der Waals surface area (Å²) in [4.78, 5) is 28.4. The molecule has 0 bridgehead atoms. The van der Waals surface area contributed by atoms with E-state index in [1.807, 2.05) is 69.3 Å². The van der Waals surface area contributed by atoms with Gasteiger partial charge in [-0.3, -0.25) is 9.59 Å². The van der Waals surface area contributed by atoms with Gasteiger partial charge in [0.25, 0.3) is 0 Å². The maximum absolute atomic E-state index is 13.1. The van der Waals surface area contributed by atoms with Crippen LogP contribution in [0.1, 0.15) is 31.4 Å². The summed E-state index contributed by atoms with van der Waals surface area (Å²) < 4.78 is 5.21. The van der Waals surface area contributed by atoms with E-state index in [4.69, 9.17) is 4.74 Å². The molecule has 0 radical (unpaired) electrons. The lowest BCUT2D eigenvalue weighted by Gasteiger charge is -2.30. The number of carbonyl (C=O) groups is 2. The average Bonchev–Trinajstić information content (AvgIpc) is 2.73. The first kappa shape index (κ1) is 22.8. The number of hydrogen-bond donors (Lipinski definition) is 1. The molecule has 1 unspecified atom stereocenters. The molecule has 0 heterocycles. The van der Waals surface area contributed by atoms with Gasteiger partial charge in [0.15, 0.2) is 0 Å². The monoisotopic (exact) mass is 414 g/mol. The number of likely N-dealkylation sites (N-methyl/N-ethyl adjacent to an activating group) is 1. The zero-order valence-corrected chi connectivity index (χ0v) is 18.4. The molecule has 1 atom stereocenters. The van der Waals surface area contributed by atoms with Crippen molar-refractivity contribution in [1.29, 1.82) is 0 Å². The van der Waals surface area contributed by atoms with E-state index in [2.05, 4.69) is 5.32 Å². The second-order valence-electron chi connectivity index (χ2n) is 6.79. The summed E-state index contributed by atoms with van der Waals surface area (Å²) in [6.45, 7) is 6.77. The zero-order chi connectivity index (χ0) is 21.2. The lowest BCUT2D eigenvalue weighted by molar-refractivity contribution is -0.139. The Hall–Kier alpha value is -2.47. The number of amides is 2.